The molecule has 3 saturated heterocycles. The number of unbranched alkanes of at least 4 members (excludes halogenated alkanes) is 1. The average molecular weight is 577 g/mol. The van der Waals surface area contributed by atoms with Gasteiger partial charge in [0.25, 0.3) is 0 Å². The molecule has 0 aliphatic carbocycles. The Hall–Kier alpha value is -3.05. The van der Waals surface area contributed by atoms with Crippen LogP contribution in [0.15, 0.2) is 52.8 Å². The van der Waals surface area contributed by atoms with E-state index >= 15 is 0 Å². The lowest BCUT2D eigenvalue weighted by atomic mass is 10.0. The first-order valence-electron chi connectivity index (χ1n) is 14.6. The van der Waals surface area contributed by atoms with Crippen LogP contribution in [0.3, 0.4) is 0 Å². The number of hydrogen-bond donors (Lipinski definition) is 2. The van der Waals surface area contributed by atoms with Gasteiger partial charge in [-0.15, -0.1) is 0 Å². The maximum atomic E-state index is 14.2. The van der Waals surface area contributed by atoms with E-state index in [1.165, 1.54) is 0 Å². The van der Waals surface area contributed by atoms with Gasteiger partial charge in [-0.1, -0.05) is 25.5 Å². The Morgan fingerprint density at radius 3 is 2.68 bits per heavy atom. The van der Waals surface area contributed by atoms with Crippen LogP contribution in [0.4, 0.5) is 24.5 Å². The smallest absolute Gasteiger partial charge is 0.385 e. The van der Waals surface area contributed by atoms with E-state index < -0.39 is 11.7 Å². The molecule has 1 aromatic rings. The summed E-state index contributed by atoms with van der Waals surface area (Å²) in [6.45, 7) is 9.20. The fraction of sp³-hybridized carbons (Fsp3) is 0.600. The highest BCUT2D eigenvalue weighted by atomic mass is 19.4. The number of anilines is 2. The third kappa shape index (κ3) is 8.48. The number of carbonyl (C=O) groups excluding carboxylic acids is 1. The first kappa shape index (κ1) is 30.9. The third-order valence-electron chi connectivity index (χ3n) is 7.81. The molecule has 0 aromatic heterocycles. The van der Waals surface area contributed by atoms with Crippen molar-refractivity contribution in [3.8, 4) is 0 Å². The summed E-state index contributed by atoms with van der Waals surface area (Å²) in [5, 5.41) is 6.12. The first-order valence-corrected chi connectivity index (χ1v) is 14.6. The Kier molecular flexibility index (Phi) is 10.7. The van der Waals surface area contributed by atoms with E-state index in [4.69, 9.17) is 4.74 Å². The van der Waals surface area contributed by atoms with Gasteiger partial charge < -0.3 is 30.1 Å². The number of halogens is 3. The number of nitrogens with one attached hydrogen (secondary N) is 2. The van der Waals surface area contributed by atoms with Crippen LogP contribution in [-0.2, 0) is 9.53 Å². The van der Waals surface area contributed by atoms with Crippen molar-refractivity contribution >= 4 is 23.1 Å². The van der Waals surface area contributed by atoms with Gasteiger partial charge >= 0.3 is 6.18 Å². The topological polar surface area (TPSA) is 72.4 Å². The summed E-state index contributed by atoms with van der Waals surface area (Å²) < 4.78 is 48.1. The number of alkyl halides is 3. The number of ether oxygens (including phenoxy) is 1. The van der Waals surface area contributed by atoms with Crippen molar-refractivity contribution in [1.82, 2.24) is 15.1 Å². The lowest BCUT2D eigenvalue weighted by molar-refractivity contribution is -0.131. The summed E-state index contributed by atoms with van der Waals surface area (Å²) in [4.78, 5) is 23.1. The standard InChI is InChI=1S/C30H43F3N6O2/c1-4-5-10-28(34-11-7-12-39-26-17-23(29(39)40)20-41-21-26)27(30(31,32)33)19-35-22(2)36-24-8-6-9-25(18-24)38-15-13-37(3)14-16-38/h6,8-10,18-19,23,26,34H,4-5,7,11-17,20-21H2,1-3H3,(H,35,36)/b27-19+,28-10-. The van der Waals surface area contributed by atoms with Crippen molar-refractivity contribution in [3.63, 3.8) is 0 Å². The largest absolute Gasteiger partial charge is 0.419 e. The van der Waals surface area contributed by atoms with Crippen molar-refractivity contribution in [2.45, 2.75) is 51.7 Å². The van der Waals surface area contributed by atoms with E-state index in [0.29, 0.717) is 45.0 Å². The molecular weight excluding hydrogens is 533 g/mol. The zero-order valence-corrected chi connectivity index (χ0v) is 24.3. The van der Waals surface area contributed by atoms with Gasteiger partial charge in [-0.3, -0.25) is 4.79 Å². The molecule has 0 radical (unpaired) electrons. The highest BCUT2D eigenvalue weighted by Gasteiger charge is 2.42. The van der Waals surface area contributed by atoms with Gasteiger partial charge in [0.15, 0.2) is 0 Å². The lowest BCUT2D eigenvalue weighted by Gasteiger charge is -2.34. The normalized spacial score (nSPS) is 22.9. The molecule has 0 spiro atoms. The minimum absolute atomic E-state index is 0.0165. The predicted molar refractivity (Wildman–Crippen MR) is 157 cm³/mol. The summed E-state index contributed by atoms with van der Waals surface area (Å²) in [6.07, 6.45) is 0.454. The van der Waals surface area contributed by atoms with Gasteiger partial charge in [-0.25, -0.2) is 4.99 Å². The number of aliphatic imine (C=N–C) groups is 1. The molecule has 11 heteroatoms. The second kappa shape index (κ2) is 14.2. The molecule has 3 fully saturated rings. The molecule has 3 aliphatic heterocycles. The van der Waals surface area contributed by atoms with Gasteiger partial charge in [0.2, 0.25) is 5.91 Å². The lowest BCUT2D eigenvalue weighted by Crippen LogP contribution is -2.44. The summed E-state index contributed by atoms with van der Waals surface area (Å²) >= 11 is 0. The molecular formula is C30H43F3N6O2. The molecule has 3 aliphatic rings. The Morgan fingerprint density at radius 1 is 1.20 bits per heavy atom. The monoisotopic (exact) mass is 576 g/mol. The van der Waals surface area contributed by atoms with Crippen LogP contribution >= 0.6 is 0 Å². The van der Waals surface area contributed by atoms with E-state index in [1.807, 2.05) is 36.1 Å². The molecule has 2 unspecified atom stereocenters. The molecule has 2 bridgehead atoms. The number of likely N-dealkylation sites (tertiary alicyclic amines) is 1. The molecule has 3 heterocycles. The molecule has 8 nitrogen and oxygen atoms in total. The third-order valence-corrected chi connectivity index (χ3v) is 7.81. The number of carbonyl (C=O) groups is 1. The number of fused-ring (bicyclic) bond motifs is 2. The zero-order valence-electron chi connectivity index (χ0n) is 24.3. The van der Waals surface area contributed by atoms with Crippen LogP contribution in [0.25, 0.3) is 0 Å². The highest BCUT2D eigenvalue weighted by Crippen LogP contribution is 2.32. The van der Waals surface area contributed by atoms with Crippen molar-refractivity contribution in [2.24, 2.45) is 10.9 Å². The van der Waals surface area contributed by atoms with Crippen LogP contribution < -0.4 is 15.5 Å². The number of rotatable bonds is 11. The average Bonchev–Trinajstić information content (AvgIpc) is 3.15. The minimum atomic E-state index is -4.59. The Balaban J connectivity index is 1.40. The van der Waals surface area contributed by atoms with E-state index in [9.17, 15) is 18.0 Å². The van der Waals surface area contributed by atoms with E-state index in [1.54, 1.807) is 13.0 Å². The van der Waals surface area contributed by atoms with Crippen LogP contribution in [0.5, 0.6) is 0 Å². The summed E-state index contributed by atoms with van der Waals surface area (Å²) in [5.41, 5.74) is 1.04. The molecule has 2 N–H and O–H groups in total. The number of piperazine rings is 1. The number of amides is 1. The van der Waals surface area contributed by atoms with Gasteiger partial charge in [0, 0.05) is 62.5 Å². The fourth-order valence-corrected chi connectivity index (χ4v) is 5.49. The van der Waals surface area contributed by atoms with Crippen LogP contribution in [0.1, 0.15) is 39.5 Å². The predicted octanol–water partition coefficient (Wildman–Crippen LogP) is 4.63. The number of benzene rings is 1. The van der Waals surface area contributed by atoms with Crippen LogP contribution in [0.2, 0.25) is 0 Å². The highest BCUT2D eigenvalue weighted by molar-refractivity contribution is 5.94. The quantitative estimate of drug-likeness (QED) is 0.173. The molecule has 226 valence electrons. The van der Waals surface area contributed by atoms with Crippen molar-refractivity contribution < 1.29 is 22.7 Å². The Morgan fingerprint density at radius 2 is 1.98 bits per heavy atom. The van der Waals surface area contributed by atoms with E-state index in [2.05, 4.69) is 32.5 Å². The molecule has 2 atom stereocenters. The van der Waals surface area contributed by atoms with Crippen molar-refractivity contribution in [1.29, 1.82) is 0 Å². The molecule has 1 amide bonds. The minimum Gasteiger partial charge on any atom is -0.385 e. The molecule has 41 heavy (non-hydrogen) atoms. The number of hydrogen-bond acceptors (Lipinski definition) is 6. The molecule has 1 aromatic carbocycles. The van der Waals surface area contributed by atoms with Crippen LogP contribution in [0, 0.1) is 5.92 Å². The summed E-state index contributed by atoms with van der Waals surface area (Å²) in [7, 11) is 2.10. The number of amidine groups is 1. The number of likely N-dealkylation sites (N-methyl/N-ethyl adjacent to an activating group) is 1. The van der Waals surface area contributed by atoms with Gasteiger partial charge in [0.1, 0.15) is 5.84 Å². The second-order valence-electron chi connectivity index (χ2n) is 11.1. The summed E-state index contributed by atoms with van der Waals surface area (Å²) in [5.74, 6) is 0.375. The van der Waals surface area contributed by atoms with Gasteiger partial charge in [0.05, 0.1) is 30.7 Å². The second-order valence-corrected chi connectivity index (χ2v) is 11.1. The van der Waals surface area contributed by atoms with E-state index in [0.717, 1.165) is 56.6 Å². The zero-order chi connectivity index (χ0) is 29.4. The Labute approximate surface area is 241 Å². The van der Waals surface area contributed by atoms with Gasteiger partial charge in [-0.05, 0) is 51.4 Å². The summed E-state index contributed by atoms with van der Waals surface area (Å²) in [6, 6.07) is 7.93. The fourth-order valence-electron chi connectivity index (χ4n) is 5.49. The SMILES string of the molecule is CCC/C=C(NCCCN1C(=O)C2COCC1C2)/C(=C\N=C(C)Nc1cccc(N2CCN(C)CC2)c1)C(F)(F)F. The van der Waals surface area contributed by atoms with E-state index in [-0.39, 0.29) is 23.6 Å². The van der Waals surface area contributed by atoms with Gasteiger partial charge in [-0.2, -0.15) is 13.2 Å². The first-order chi connectivity index (χ1) is 19.7. The number of nitrogens with zero attached hydrogens (tertiary/aromatic N) is 4. The number of allylic oxidation sites excluding steroid dienone is 2. The maximum Gasteiger partial charge on any atom is 0.419 e. The maximum absolute atomic E-state index is 14.2. The van der Waals surface area contributed by atoms with Crippen molar-refractivity contribution in [2.75, 3.05) is 69.7 Å². The van der Waals surface area contributed by atoms with Crippen LogP contribution in [-0.4, -0.2) is 93.3 Å². The molecule has 0 saturated carbocycles. The Bertz CT molecular complexity index is 1130. The van der Waals surface area contributed by atoms with Crippen molar-refractivity contribution in [3.05, 3.63) is 47.8 Å². The molecule has 4 rings (SSSR count).